The van der Waals surface area contributed by atoms with Gasteiger partial charge in [-0.15, -0.1) is 0 Å². The molecule has 1 saturated heterocycles. The van der Waals surface area contributed by atoms with Gasteiger partial charge in [0.2, 0.25) is 0 Å². The number of unbranched alkanes of at least 4 members (excludes halogenated alkanes) is 1. The van der Waals surface area contributed by atoms with Crippen LogP contribution < -0.4 is 0 Å². The molecular formula is C11H19NO4. The summed E-state index contributed by atoms with van der Waals surface area (Å²) in [4.78, 5) is 24.0. The van der Waals surface area contributed by atoms with Crippen LogP contribution >= 0.6 is 0 Å². The molecule has 1 rings (SSSR count). The normalized spacial score (nSPS) is 24.5. The van der Waals surface area contributed by atoms with Crippen molar-refractivity contribution in [1.29, 1.82) is 0 Å². The second-order valence-electron chi connectivity index (χ2n) is 4.21. The van der Waals surface area contributed by atoms with E-state index < -0.39 is 18.1 Å². The predicted octanol–water partition coefficient (Wildman–Crippen LogP) is 1.72. The molecule has 0 saturated carbocycles. The highest BCUT2D eigenvalue weighted by Gasteiger charge is 2.40. The third-order valence-corrected chi connectivity index (χ3v) is 2.91. The van der Waals surface area contributed by atoms with E-state index in [1.54, 1.807) is 0 Å². The first-order valence-corrected chi connectivity index (χ1v) is 5.74. The van der Waals surface area contributed by atoms with Gasteiger partial charge in [-0.3, -0.25) is 4.90 Å². The summed E-state index contributed by atoms with van der Waals surface area (Å²) in [6.45, 7) is 4.69. The van der Waals surface area contributed by atoms with Crippen LogP contribution in [0.1, 0.15) is 33.1 Å². The Balaban J connectivity index is 2.51. The highest BCUT2D eigenvalue weighted by Crippen LogP contribution is 2.24. The zero-order valence-corrected chi connectivity index (χ0v) is 9.81. The van der Waals surface area contributed by atoms with Crippen molar-refractivity contribution < 1.29 is 19.4 Å². The predicted molar refractivity (Wildman–Crippen MR) is 58.2 cm³/mol. The van der Waals surface area contributed by atoms with Crippen molar-refractivity contribution >= 4 is 12.1 Å². The van der Waals surface area contributed by atoms with E-state index >= 15 is 0 Å². The quantitative estimate of drug-likeness (QED) is 0.745. The van der Waals surface area contributed by atoms with Crippen LogP contribution in [-0.2, 0) is 9.53 Å². The van der Waals surface area contributed by atoms with Gasteiger partial charge in [0.1, 0.15) is 6.04 Å². The molecule has 1 N–H and O–H groups in total. The summed E-state index contributed by atoms with van der Waals surface area (Å²) in [7, 11) is 0. The second kappa shape index (κ2) is 5.72. The maximum atomic E-state index is 11.6. The summed E-state index contributed by atoms with van der Waals surface area (Å²) >= 11 is 0. The number of carboxylic acid groups (broad SMARTS) is 1. The number of amides is 1. The van der Waals surface area contributed by atoms with Gasteiger partial charge in [-0.2, -0.15) is 0 Å². The van der Waals surface area contributed by atoms with Crippen LogP contribution in [0.2, 0.25) is 0 Å². The van der Waals surface area contributed by atoms with Crippen molar-refractivity contribution in [1.82, 2.24) is 4.90 Å². The maximum absolute atomic E-state index is 11.6. The monoisotopic (exact) mass is 229 g/mol. The Labute approximate surface area is 95.4 Å². The van der Waals surface area contributed by atoms with E-state index in [2.05, 4.69) is 0 Å². The molecule has 92 valence electrons. The topological polar surface area (TPSA) is 66.8 Å². The molecule has 1 aliphatic rings. The number of carbonyl (C=O) groups is 2. The van der Waals surface area contributed by atoms with Gasteiger partial charge in [-0.1, -0.05) is 20.3 Å². The molecule has 1 aliphatic heterocycles. The first-order chi connectivity index (χ1) is 7.57. The summed E-state index contributed by atoms with van der Waals surface area (Å²) in [6.07, 6.45) is 1.99. The number of ether oxygens (including phenoxy) is 1. The lowest BCUT2D eigenvalue weighted by atomic mass is 10.0. The highest BCUT2D eigenvalue weighted by atomic mass is 16.6. The lowest BCUT2D eigenvalue weighted by molar-refractivity contribution is -0.142. The highest BCUT2D eigenvalue weighted by molar-refractivity contribution is 5.81. The van der Waals surface area contributed by atoms with Crippen LogP contribution in [0.4, 0.5) is 4.79 Å². The lowest BCUT2D eigenvalue weighted by Gasteiger charge is -2.22. The molecule has 0 aliphatic carbocycles. The third kappa shape index (κ3) is 2.87. The van der Waals surface area contributed by atoms with Gasteiger partial charge >= 0.3 is 12.1 Å². The fourth-order valence-corrected chi connectivity index (χ4v) is 1.92. The van der Waals surface area contributed by atoms with E-state index in [0.717, 1.165) is 19.3 Å². The van der Waals surface area contributed by atoms with Gasteiger partial charge in [0, 0.05) is 6.54 Å². The number of hydrogen-bond donors (Lipinski definition) is 1. The van der Waals surface area contributed by atoms with E-state index in [-0.39, 0.29) is 5.92 Å². The van der Waals surface area contributed by atoms with E-state index in [9.17, 15) is 9.59 Å². The molecule has 2 unspecified atom stereocenters. The standard InChI is InChI=1S/C11H19NO4/c1-3-4-7-16-11(15)12-6-5-8(2)9(12)10(13)14/h8-9H,3-7H2,1-2H3,(H,13,14). The first kappa shape index (κ1) is 12.8. The number of likely N-dealkylation sites (tertiary alicyclic amines) is 1. The van der Waals surface area contributed by atoms with E-state index in [1.165, 1.54) is 4.90 Å². The van der Waals surface area contributed by atoms with Crippen LogP contribution in [0, 0.1) is 5.92 Å². The molecule has 0 aromatic heterocycles. The van der Waals surface area contributed by atoms with Crippen molar-refractivity contribution in [2.75, 3.05) is 13.2 Å². The number of carboxylic acids is 1. The van der Waals surface area contributed by atoms with Crippen LogP contribution in [0.25, 0.3) is 0 Å². The molecule has 0 aromatic rings. The van der Waals surface area contributed by atoms with Crippen LogP contribution in [0.3, 0.4) is 0 Å². The Morgan fingerprint density at radius 2 is 2.19 bits per heavy atom. The Kier molecular flexibility index (Phi) is 4.58. The number of carbonyl (C=O) groups excluding carboxylic acids is 1. The van der Waals surface area contributed by atoms with Gasteiger partial charge in [-0.05, 0) is 18.8 Å². The fourth-order valence-electron chi connectivity index (χ4n) is 1.92. The molecule has 0 bridgehead atoms. The minimum absolute atomic E-state index is 0.00350. The zero-order valence-electron chi connectivity index (χ0n) is 9.81. The van der Waals surface area contributed by atoms with Gasteiger partial charge < -0.3 is 9.84 Å². The van der Waals surface area contributed by atoms with E-state index in [1.807, 2.05) is 13.8 Å². The van der Waals surface area contributed by atoms with E-state index in [4.69, 9.17) is 9.84 Å². The largest absolute Gasteiger partial charge is 0.480 e. The van der Waals surface area contributed by atoms with Crippen molar-refractivity contribution in [3.05, 3.63) is 0 Å². The smallest absolute Gasteiger partial charge is 0.410 e. The fraction of sp³-hybridized carbons (Fsp3) is 0.818. The molecule has 1 fully saturated rings. The van der Waals surface area contributed by atoms with Crippen molar-refractivity contribution in [3.8, 4) is 0 Å². The number of hydrogen-bond acceptors (Lipinski definition) is 3. The number of rotatable bonds is 4. The second-order valence-corrected chi connectivity index (χ2v) is 4.21. The summed E-state index contributed by atoms with van der Waals surface area (Å²) < 4.78 is 5.02. The Hall–Kier alpha value is -1.26. The van der Waals surface area contributed by atoms with Crippen LogP contribution in [0.15, 0.2) is 0 Å². The maximum Gasteiger partial charge on any atom is 0.410 e. The molecule has 2 atom stereocenters. The molecule has 0 radical (unpaired) electrons. The Morgan fingerprint density at radius 3 is 2.75 bits per heavy atom. The SMILES string of the molecule is CCCCOC(=O)N1CCC(C)C1C(=O)O. The van der Waals surface area contributed by atoms with Gasteiger partial charge in [0.15, 0.2) is 0 Å². The molecule has 0 aromatic carbocycles. The molecular weight excluding hydrogens is 210 g/mol. The number of nitrogens with zero attached hydrogens (tertiary/aromatic N) is 1. The molecule has 0 spiro atoms. The van der Waals surface area contributed by atoms with Crippen LogP contribution in [0.5, 0.6) is 0 Å². The van der Waals surface area contributed by atoms with Gasteiger partial charge in [0.05, 0.1) is 6.61 Å². The first-order valence-electron chi connectivity index (χ1n) is 5.74. The van der Waals surface area contributed by atoms with Crippen molar-refractivity contribution in [3.63, 3.8) is 0 Å². The summed E-state index contributed by atoms with van der Waals surface area (Å²) in [5.74, 6) is -0.950. The van der Waals surface area contributed by atoms with Crippen molar-refractivity contribution in [2.24, 2.45) is 5.92 Å². The van der Waals surface area contributed by atoms with E-state index in [0.29, 0.717) is 13.2 Å². The molecule has 1 amide bonds. The molecule has 16 heavy (non-hydrogen) atoms. The Morgan fingerprint density at radius 1 is 1.50 bits per heavy atom. The van der Waals surface area contributed by atoms with Crippen LogP contribution in [-0.4, -0.2) is 41.3 Å². The summed E-state index contributed by atoms with van der Waals surface area (Å²) in [5, 5.41) is 9.03. The zero-order chi connectivity index (χ0) is 12.1. The molecule has 1 heterocycles. The minimum Gasteiger partial charge on any atom is -0.480 e. The van der Waals surface area contributed by atoms with Gasteiger partial charge in [0.25, 0.3) is 0 Å². The van der Waals surface area contributed by atoms with Gasteiger partial charge in [-0.25, -0.2) is 9.59 Å². The summed E-state index contributed by atoms with van der Waals surface area (Å²) in [6, 6.07) is -0.728. The minimum atomic E-state index is -0.947. The summed E-state index contributed by atoms with van der Waals surface area (Å²) in [5.41, 5.74) is 0. The van der Waals surface area contributed by atoms with Crippen molar-refractivity contribution in [2.45, 2.75) is 39.2 Å². The number of aliphatic carboxylic acids is 1. The average molecular weight is 229 g/mol. The Bertz CT molecular complexity index is 267. The lowest BCUT2D eigenvalue weighted by Crippen LogP contribution is -2.43. The third-order valence-electron chi connectivity index (χ3n) is 2.91. The molecule has 5 nitrogen and oxygen atoms in total. The average Bonchev–Trinajstić information content (AvgIpc) is 2.60. The molecule has 5 heteroatoms.